The van der Waals surface area contributed by atoms with E-state index in [0.717, 1.165) is 46.8 Å². The van der Waals surface area contributed by atoms with Crippen LogP contribution in [-0.4, -0.2) is 37.3 Å². The minimum Gasteiger partial charge on any atom is -0.496 e. The van der Waals surface area contributed by atoms with E-state index in [-0.39, 0.29) is 5.91 Å². The third-order valence-corrected chi connectivity index (χ3v) is 4.73. The van der Waals surface area contributed by atoms with Gasteiger partial charge in [-0.3, -0.25) is 4.79 Å². The molecule has 1 fully saturated rings. The molecule has 0 radical (unpaired) electrons. The standard InChI is InChI=1S/C18H19NO2S/c1-21-16-8-7-14(12-17(16)22-2)13-5-3-6-15(11-13)18(20)19-9-4-10-19/h3,5-8,11-12H,4,9-10H2,1-2H3. The summed E-state index contributed by atoms with van der Waals surface area (Å²) >= 11 is 1.66. The molecule has 0 saturated carbocycles. The van der Waals surface area contributed by atoms with E-state index in [4.69, 9.17) is 4.74 Å². The number of carbonyl (C=O) groups is 1. The third kappa shape index (κ3) is 2.83. The van der Waals surface area contributed by atoms with Crippen LogP contribution in [0.1, 0.15) is 16.8 Å². The normalized spacial score (nSPS) is 13.6. The molecule has 4 heteroatoms. The van der Waals surface area contributed by atoms with Crippen molar-refractivity contribution in [2.45, 2.75) is 11.3 Å². The first kappa shape index (κ1) is 15.0. The number of amides is 1. The van der Waals surface area contributed by atoms with E-state index in [9.17, 15) is 4.79 Å². The van der Waals surface area contributed by atoms with Crippen LogP contribution in [0, 0.1) is 0 Å². The van der Waals surface area contributed by atoms with Gasteiger partial charge in [-0.15, -0.1) is 11.8 Å². The van der Waals surface area contributed by atoms with Gasteiger partial charge in [0.25, 0.3) is 5.91 Å². The van der Waals surface area contributed by atoms with E-state index in [1.807, 2.05) is 47.6 Å². The van der Waals surface area contributed by atoms with Crippen molar-refractivity contribution < 1.29 is 9.53 Å². The Morgan fingerprint density at radius 3 is 2.55 bits per heavy atom. The predicted molar refractivity (Wildman–Crippen MR) is 90.7 cm³/mol. The molecule has 1 amide bonds. The van der Waals surface area contributed by atoms with Gasteiger partial charge in [-0.25, -0.2) is 0 Å². The average Bonchev–Trinajstić information content (AvgIpc) is 2.52. The molecule has 2 aromatic rings. The number of rotatable bonds is 4. The van der Waals surface area contributed by atoms with Crippen molar-refractivity contribution in [3.8, 4) is 16.9 Å². The Labute approximate surface area is 135 Å². The maximum Gasteiger partial charge on any atom is 0.253 e. The molecule has 3 nitrogen and oxygen atoms in total. The molecule has 1 heterocycles. The summed E-state index contributed by atoms with van der Waals surface area (Å²) in [5, 5.41) is 0. The molecular weight excluding hydrogens is 294 g/mol. The smallest absolute Gasteiger partial charge is 0.253 e. The molecule has 1 saturated heterocycles. The summed E-state index contributed by atoms with van der Waals surface area (Å²) in [5.74, 6) is 1.01. The van der Waals surface area contributed by atoms with Crippen LogP contribution < -0.4 is 4.74 Å². The molecule has 2 aromatic carbocycles. The SMILES string of the molecule is COc1ccc(-c2cccc(C(=O)N3CCC3)c2)cc1SC. The molecule has 0 bridgehead atoms. The molecular formula is C18H19NO2S. The van der Waals surface area contributed by atoms with Crippen molar-refractivity contribution in [3.63, 3.8) is 0 Å². The second-order valence-corrected chi connectivity index (χ2v) is 6.14. The van der Waals surface area contributed by atoms with Crippen LogP contribution in [0.15, 0.2) is 47.4 Å². The lowest BCUT2D eigenvalue weighted by Crippen LogP contribution is -2.41. The van der Waals surface area contributed by atoms with Gasteiger partial charge in [0.05, 0.1) is 7.11 Å². The first-order chi connectivity index (χ1) is 10.7. The Balaban J connectivity index is 1.93. The highest BCUT2D eigenvalue weighted by Gasteiger charge is 2.21. The molecule has 1 aliphatic rings. The fourth-order valence-electron chi connectivity index (χ4n) is 2.55. The van der Waals surface area contributed by atoms with Gasteiger partial charge in [-0.1, -0.05) is 18.2 Å². The summed E-state index contributed by atoms with van der Waals surface area (Å²) in [6.45, 7) is 1.75. The Hall–Kier alpha value is -1.94. The number of thioether (sulfide) groups is 1. The zero-order valence-corrected chi connectivity index (χ0v) is 13.7. The summed E-state index contributed by atoms with van der Waals surface area (Å²) in [7, 11) is 1.68. The third-order valence-electron chi connectivity index (χ3n) is 3.97. The Morgan fingerprint density at radius 2 is 1.91 bits per heavy atom. The summed E-state index contributed by atoms with van der Waals surface area (Å²) in [5.41, 5.74) is 2.92. The quantitative estimate of drug-likeness (QED) is 0.801. The van der Waals surface area contributed by atoms with E-state index < -0.39 is 0 Å². The average molecular weight is 313 g/mol. The number of ether oxygens (including phenoxy) is 1. The van der Waals surface area contributed by atoms with Crippen molar-refractivity contribution in [2.75, 3.05) is 26.5 Å². The van der Waals surface area contributed by atoms with Gasteiger partial charge in [-0.05, 0) is 48.1 Å². The minimum absolute atomic E-state index is 0.131. The number of benzene rings is 2. The first-order valence-electron chi connectivity index (χ1n) is 7.34. The summed E-state index contributed by atoms with van der Waals surface area (Å²) < 4.78 is 5.36. The Morgan fingerprint density at radius 1 is 1.14 bits per heavy atom. The van der Waals surface area contributed by atoms with Crippen LogP contribution in [0.25, 0.3) is 11.1 Å². The van der Waals surface area contributed by atoms with E-state index in [0.29, 0.717) is 0 Å². The highest BCUT2D eigenvalue weighted by molar-refractivity contribution is 7.98. The molecule has 1 aliphatic heterocycles. The number of likely N-dealkylation sites (tertiary alicyclic amines) is 1. The molecule has 3 rings (SSSR count). The summed E-state index contributed by atoms with van der Waals surface area (Å²) in [6.07, 6.45) is 3.15. The second-order valence-electron chi connectivity index (χ2n) is 5.30. The monoisotopic (exact) mass is 313 g/mol. The van der Waals surface area contributed by atoms with Crippen molar-refractivity contribution in [1.82, 2.24) is 4.90 Å². The van der Waals surface area contributed by atoms with Gasteiger partial charge in [0.15, 0.2) is 0 Å². The maximum atomic E-state index is 12.3. The van der Waals surface area contributed by atoms with E-state index in [1.54, 1.807) is 18.9 Å². The van der Waals surface area contributed by atoms with Gasteiger partial charge < -0.3 is 9.64 Å². The van der Waals surface area contributed by atoms with Gasteiger partial charge in [0, 0.05) is 23.5 Å². The largest absolute Gasteiger partial charge is 0.496 e. The number of carbonyl (C=O) groups excluding carboxylic acids is 1. The number of nitrogens with zero attached hydrogens (tertiary/aromatic N) is 1. The molecule has 0 aromatic heterocycles. The van der Waals surface area contributed by atoms with E-state index in [1.165, 1.54) is 0 Å². The van der Waals surface area contributed by atoms with Crippen molar-refractivity contribution in [1.29, 1.82) is 0 Å². The number of methoxy groups -OCH3 is 1. The lowest BCUT2D eigenvalue weighted by Gasteiger charge is -2.31. The lowest BCUT2D eigenvalue weighted by atomic mass is 10.0. The zero-order valence-electron chi connectivity index (χ0n) is 12.8. The topological polar surface area (TPSA) is 29.5 Å². The predicted octanol–water partition coefficient (Wildman–Crippen LogP) is 3.93. The second kappa shape index (κ2) is 6.44. The van der Waals surface area contributed by atoms with Crippen LogP contribution in [0.3, 0.4) is 0 Å². The highest BCUT2D eigenvalue weighted by Crippen LogP contribution is 2.32. The van der Waals surface area contributed by atoms with Crippen LogP contribution >= 0.6 is 11.8 Å². The molecule has 22 heavy (non-hydrogen) atoms. The van der Waals surface area contributed by atoms with Crippen LogP contribution in [0.5, 0.6) is 5.75 Å². The zero-order chi connectivity index (χ0) is 15.5. The van der Waals surface area contributed by atoms with Crippen LogP contribution in [0.2, 0.25) is 0 Å². The van der Waals surface area contributed by atoms with Crippen LogP contribution in [0.4, 0.5) is 0 Å². The minimum atomic E-state index is 0.131. The van der Waals surface area contributed by atoms with E-state index in [2.05, 4.69) is 6.07 Å². The fourth-order valence-corrected chi connectivity index (χ4v) is 3.15. The van der Waals surface area contributed by atoms with Crippen molar-refractivity contribution in [3.05, 3.63) is 48.0 Å². The van der Waals surface area contributed by atoms with Crippen molar-refractivity contribution in [2.24, 2.45) is 0 Å². The van der Waals surface area contributed by atoms with Gasteiger partial charge in [-0.2, -0.15) is 0 Å². The first-order valence-corrected chi connectivity index (χ1v) is 8.57. The molecule has 114 valence electrons. The van der Waals surface area contributed by atoms with E-state index >= 15 is 0 Å². The van der Waals surface area contributed by atoms with Gasteiger partial charge in [0.1, 0.15) is 5.75 Å². The highest BCUT2D eigenvalue weighted by atomic mass is 32.2. The van der Waals surface area contributed by atoms with Crippen molar-refractivity contribution >= 4 is 17.7 Å². The summed E-state index contributed by atoms with van der Waals surface area (Å²) in [6, 6.07) is 14.0. The number of hydrogen-bond acceptors (Lipinski definition) is 3. The number of hydrogen-bond donors (Lipinski definition) is 0. The van der Waals surface area contributed by atoms with Gasteiger partial charge in [0.2, 0.25) is 0 Å². The molecule has 0 unspecified atom stereocenters. The molecule has 0 spiro atoms. The van der Waals surface area contributed by atoms with Crippen LogP contribution in [-0.2, 0) is 0 Å². The summed E-state index contributed by atoms with van der Waals surface area (Å²) in [4.78, 5) is 15.3. The maximum absolute atomic E-state index is 12.3. The van der Waals surface area contributed by atoms with Gasteiger partial charge >= 0.3 is 0 Å². The molecule has 0 N–H and O–H groups in total. The lowest BCUT2D eigenvalue weighted by molar-refractivity contribution is 0.0652. The Kier molecular flexibility index (Phi) is 4.39. The Bertz CT molecular complexity index is 695. The fraction of sp³-hybridized carbons (Fsp3) is 0.278. The molecule has 0 aliphatic carbocycles. The molecule has 0 atom stereocenters.